The molecule has 0 bridgehead atoms. The van der Waals surface area contributed by atoms with Crippen LogP contribution in [-0.2, 0) is 0 Å². The number of rotatable bonds is 3. The van der Waals surface area contributed by atoms with Crippen LogP contribution in [0.2, 0.25) is 0 Å². The summed E-state index contributed by atoms with van der Waals surface area (Å²) in [5, 5.41) is 0. The third kappa shape index (κ3) is 3.70. The summed E-state index contributed by atoms with van der Waals surface area (Å²) in [7, 11) is 0. The van der Waals surface area contributed by atoms with E-state index in [4.69, 9.17) is 5.73 Å². The molecular weight excluding hydrogens is 273 g/mol. The van der Waals surface area contributed by atoms with Gasteiger partial charge in [0.1, 0.15) is 0 Å². The molecule has 0 amide bonds. The van der Waals surface area contributed by atoms with Crippen molar-refractivity contribution in [3.8, 4) is 0 Å². The number of nitrogens with two attached hydrogens (primary N) is 1. The fourth-order valence-electron chi connectivity index (χ4n) is 2.31. The zero-order valence-electron chi connectivity index (χ0n) is 10.5. The van der Waals surface area contributed by atoms with E-state index in [1.54, 1.807) is 0 Å². The molecule has 0 spiro atoms. The zero-order chi connectivity index (χ0) is 12.1. The quantitative estimate of drug-likeness (QED) is 0.852. The molecular formula is C15H21NSe. The minimum absolute atomic E-state index is 0.0112. The first kappa shape index (κ1) is 12.9. The Morgan fingerprint density at radius 1 is 1.18 bits per heavy atom. The van der Waals surface area contributed by atoms with Gasteiger partial charge in [-0.3, -0.25) is 0 Å². The van der Waals surface area contributed by atoms with Crippen LogP contribution >= 0.6 is 0 Å². The van der Waals surface area contributed by atoms with E-state index in [2.05, 4.69) is 42.2 Å². The summed E-state index contributed by atoms with van der Waals surface area (Å²) in [5.41, 5.74) is 7.77. The maximum absolute atomic E-state index is 6.38. The first-order valence-corrected chi connectivity index (χ1v) is 8.23. The SMILES string of the molecule is Cc1ccccc1[Se]/C=C/C1(N)CCCCC1. The molecule has 1 aromatic carbocycles. The molecule has 1 saturated carbocycles. The molecule has 2 heteroatoms. The molecule has 0 saturated heterocycles. The van der Waals surface area contributed by atoms with Gasteiger partial charge in [-0.15, -0.1) is 0 Å². The fourth-order valence-corrected chi connectivity index (χ4v) is 4.19. The Labute approximate surface area is 111 Å². The second kappa shape index (κ2) is 5.86. The average molecular weight is 294 g/mol. The minimum atomic E-state index is -0.0112. The van der Waals surface area contributed by atoms with Crippen molar-refractivity contribution in [1.29, 1.82) is 0 Å². The van der Waals surface area contributed by atoms with Gasteiger partial charge in [0.2, 0.25) is 0 Å². The molecule has 0 aliphatic heterocycles. The van der Waals surface area contributed by atoms with E-state index in [0.717, 1.165) is 12.8 Å². The topological polar surface area (TPSA) is 26.0 Å². The van der Waals surface area contributed by atoms with Crippen molar-refractivity contribution in [2.75, 3.05) is 0 Å². The van der Waals surface area contributed by atoms with Crippen molar-refractivity contribution in [2.24, 2.45) is 5.73 Å². The van der Waals surface area contributed by atoms with Crippen molar-refractivity contribution in [2.45, 2.75) is 44.6 Å². The van der Waals surface area contributed by atoms with Crippen LogP contribution < -0.4 is 10.2 Å². The van der Waals surface area contributed by atoms with Gasteiger partial charge in [0.25, 0.3) is 0 Å². The fraction of sp³-hybridized carbons (Fsp3) is 0.467. The molecule has 17 heavy (non-hydrogen) atoms. The van der Waals surface area contributed by atoms with Gasteiger partial charge in [-0.25, -0.2) is 0 Å². The first-order valence-electron chi connectivity index (χ1n) is 6.38. The zero-order valence-corrected chi connectivity index (χ0v) is 12.2. The van der Waals surface area contributed by atoms with E-state index in [1.807, 2.05) is 0 Å². The molecule has 0 aromatic heterocycles. The first-order chi connectivity index (χ1) is 8.20. The van der Waals surface area contributed by atoms with Crippen LogP contribution in [0.3, 0.4) is 0 Å². The predicted octanol–water partition coefficient (Wildman–Crippen LogP) is 2.50. The molecule has 0 radical (unpaired) electrons. The third-order valence-corrected chi connectivity index (χ3v) is 5.54. The monoisotopic (exact) mass is 295 g/mol. The van der Waals surface area contributed by atoms with Crippen LogP contribution in [0.15, 0.2) is 35.3 Å². The number of hydrogen-bond donors (Lipinski definition) is 1. The van der Waals surface area contributed by atoms with Crippen molar-refractivity contribution in [3.63, 3.8) is 0 Å². The standard InChI is InChI=1S/C15H21NSe/c1-13-7-3-4-8-14(13)17-12-11-15(16)9-5-2-6-10-15/h3-4,7-8,11-12H,2,5-6,9-10,16H2,1H3/b12-11+. The van der Waals surface area contributed by atoms with E-state index in [1.165, 1.54) is 29.3 Å². The van der Waals surface area contributed by atoms with E-state index < -0.39 is 0 Å². The van der Waals surface area contributed by atoms with Crippen molar-refractivity contribution >= 4 is 19.4 Å². The van der Waals surface area contributed by atoms with Gasteiger partial charge in [0.05, 0.1) is 0 Å². The van der Waals surface area contributed by atoms with Gasteiger partial charge in [-0.1, -0.05) is 0 Å². The second-order valence-electron chi connectivity index (χ2n) is 4.98. The van der Waals surface area contributed by atoms with Gasteiger partial charge in [-0.2, -0.15) is 0 Å². The summed E-state index contributed by atoms with van der Waals surface area (Å²) in [6.45, 7) is 2.18. The Bertz CT molecular complexity index is 392. The van der Waals surface area contributed by atoms with E-state index in [-0.39, 0.29) is 5.54 Å². The van der Waals surface area contributed by atoms with Crippen molar-refractivity contribution in [3.05, 3.63) is 40.9 Å². The Balaban J connectivity index is 1.95. The molecule has 1 aliphatic rings. The van der Waals surface area contributed by atoms with E-state index in [9.17, 15) is 0 Å². The van der Waals surface area contributed by atoms with Crippen molar-refractivity contribution < 1.29 is 0 Å². The molecule has 0 heterocycles. The Hall–Kier alpha value is -0.561. The van der Waals surface area contributed by atoms with Gasteiger partial charge in [-0.05, 0) is 0 Å². The van der Waals surface area contributed by atoms with Crippen LogP contribution in [0, 0.1) is 6.92 Å². The van der Waals surface area contributed by atoms with Crippen LogP contribution in [0.25, 0.3) is 0 Å². The van der Waals surface area contributed by atoms with Crippen LogP contribution in [-0.4, -0.2) is 20.5 Å². The predicted molar refractivity (Wildman–Crippen MR) is 75.7 cm³/mol. The molecule has 1 fully saturated rings. The molecule has 1 aromatic rings. The average Bonchev–Trinajstić information content (AvgIpc) is 2.32. The maximum atomic E-state index is 6.38. The van der Waals surface area contributed by atoms with Gasteiger partial charge >= 0.3 is 111 Å². The normalized spacial score (nSPS) is 19.6. The van der Waals surface area contributed by atoms with Gasteiger partial charge in [0.15, 0.2) is 0 Å². The Kier molecular flexibility index (Phi) is 4.44. The summed E-state index contributed by atoms with van der Waals surface area (Å²) >= 11 is 0.426. The summed E-state index contributed by atoms with van der Waals surface area (Å²) in [6.07, 6.45) is 8.53. The van der Waals surface area contributed by atoms with Crippen LogP contribution in [0.1, 0.15) is 37.7 Å². The molecule has 92 valence electrons. The summed E-state index contributed by atoms with van der Waals surface area (Å²) in [5.74, 6) is 0. The Morgan fingerprint density at radius 3 is 2.59 bits per heavy atom. The second-order valence-corrected chi connectivity index (χ2v) is 6.97. The van der Waals surface area contributed by atoms with Gasteiger partial charge < -0.3 is 0 Å². The van der Waals surface area contributed by atoms with E-state index in [0.29, 0.717) is 15.0 Å². The summed E-state index contributed by atoms with van der Waals surface area (Å²) < 4.78 is 1.47. The molecule has 0 unspecified atom stereocenters. The van der Waals surface area contributed by atoms with Crippen molar-refractivity contribution in [1.82, 2.24) is 0 Å². The molecule has 1 nitrogen and oxygen atoms in total. The molecule has 2 N–H and O–H groups in total. The summed E-state index contributed by atoms with van der Waals surface area (Å²) in [6, 6.07) is 8.63. The number of benzene rings is 1. The van der Waals surface area contributed by atoms with E-state index >= 15 is 0 Å². The summed E-state index contributed by atoms with van der Waals surface area (Å²) in [4.78, 5) is 2.32. The molecule has 1 aliphatic carbocycles. The molecule has 2 rings (SSSR count). The van der Waals surface area contributed by atoms with Crippen LogP contribution in [0.4, 0.5) is 0 Å². The Morgan fingerprint density at radius 2 is 1.88 bits per heavy atom. The number of aryl methyl sites for hydroxylation is 1. The van der Waals surface area contributed by atoms with Crippen LogP contribution in [0.5, 0.6) is 0 Å². The number of hydrogen-bond acceptors (Lipinski definition) is 1. The third-order valence-electron chi connectivity index (χ3n) is 3.47. The van der Waals surface area contributed by atoms with Gasteiger partial charge in [0, 0.05) is 0 Å². The molecule has 0 atom stereocenters.